The number of methoxy groups -OCH3 is 1. The largest absolute Gasteiger partial charge is 0.496 e. The molecular weight excluding hydrogens is 155 g/mol. The Morgan fingerprint density at radius 1 is 1.42 bits per heavy atom. The Morgan fingerprint density at radius 2 is 2.17 bits per heavy atom. The molecule has 1 aromatic rings. The minimum atomic E-state index is -0.278. The first-order valence-corrected chi connectivity index (χ1v) is 3.74. The molecule has 0 spiro atoms. The molecule has 1 nitrogen and oxygen atoms in total. The van der Waals surface area contributed by atoms with Crippen molar-refractivity contribution in [1.29, 1.82) is 0 Å². The Balaban J connectivity index is 3.10. The van der Waals surface area contributed by atoms with Crippen molar-refractivity contribution < 1.29 is 9.13 Å². The first kappa shape index (κ1) is 8.78. The van der Waals surface area contributed by atoms with Crippen LogP contribution in [-0.2, 0) is 0 Å². The molecule has 64 valence electrons. The van der Waals surface area contributed by atoms with Crippen LogP contribution in [0.1, 0.15) is 12.5 Å². The minimum absolute atomic E-state index is 0.278. The van der Waals surface area contributed by atoms with Gasteiger partial charge in [-0.25, -0.2) is 4.39 Å². The van der Waals surface area contributed by atoms with E-state index in [1.54, 1.807) is 6.07 Å². The fourth-order valence-electron chi connectivity index (χ4n) is 1.00. The summed E-state index contributed by atoms with van der Waals surface area (Å²) in [5, 5.41) is 0. The fourth-order valence-corrected chi connectivity index (χ4v) is 1.00. The molecule has 0 amide bonds. The molecule has 0 bridgehead atoms. The summed E-state index contributed by atoms with van der Waals surface area (Å²) in [6.07, 6.45) is 3.76. The van der Waals surface area contributed by atoms with Gasteiger partial charge in [0.1, 0.15) is 11.6 Å². The van der Waals surface area contributed by atoms with Gasteiger partial charge in [-0.1, -0.05) is 12.2 Å². The molecule has 0 fully saturated rings. The molecule has 0 saturated heterocycles. The number of hydrogen-bond acceptors (Lipinski definition) is 1. The van der Waals surface area contributed by atoms with Gasteiger partial charge in [-0.2, -0.15) is 0 Å². The van der Waals surface area contributed by atoms with E-state index >= 15 is 0 Å². The lowest BCUT2D eigenvalue weighted by atomic mass is 10.2. The predicted molar refractivity (Wildman–Crippen MR) is 47.7 cm³/mol. The van der Waals surface area contributed by atoms with Crippen molar-refractivity contribution in [3.63, 3.8) is 0 Å². The van der Waals surface area contributed by atoms with Crippen molar-refractivity contribution in [3.8, 4) is 5.75 Å². The zero-order valence-corrected chi connectivity index (χ0v) is 7.17. The first-order chi connectivity index (χ1) is 5.77. The number of ether oxygens (including phenoxy) is 1. The van der Waals surface area contributed by atoms with Crippen LogP contribution in [0, 0.1) is 5.82 Å². The molecular formula is C10H11FO. The van der Waals surface area contributed by atoms with Crippen molar-refractivity contribution in [1.82, 2.24) is 0 Å². The Bertz CT molecular complexity index is 292. The highest BCUT2D eigenvalue weighted by atomic mass is 19.1. The number of allylic oxidation sites excluding steroid dienone is 1. The summed E-state index contributed by atoms with van der Waals surface area (Å²) in [6.45, 7) is 1.91. The van der Waals surface area contributed by atoms with Gasteiger partial charge in [-0.05, 0) is 19.1 Å². The number of halogens is 1. The molecule has 0 heterocycles. The molecule has 0 aliphatic rings. The van der Waals surface area contributed by atoms with Crippen LogP contribution in [0.25, 0.3) is 6.08 Å². The maximum Gasteiger partial charge on any atom is 0.128 e. The zero-order valence-electron chi connectivity index (χ0n) is 7.17. The highest BCUT2D eigenvalue weighted by molar-refractivity contribution is 5.56. The third-order valence-electron chi connectivity index (χ3n) is 1.54. The Labute approximate surface area is 71.5 Å². The van der Waals surface area contributed by atoms with E-state index in [2.05, 4.69) is 0 Å². The van der Waals surface area contributed by atoms with Gasteiger partial charge in [0.25, 0.3) is 0 Å². The SMILES string of the molecule is CC=Cc1ccc(F)cc1OC. The summed E-state index contributed by atoms with van der Waals surface area (Å²) in [5.74, 6) is 0.285. The van der Waals surface area contributed by atoms with E-state index in [1.165, 1.54) is 19.2 Å². The fraction of sp³-hybridized carbons (Fsp3) is 0.200. The van der Waals surface area contributed by atoms with E-state index in [4.69, 9.17) is 4.74 Å². The highest BCUT2D eigenvalue weighted by Crippen LogP contribution is 2.20. The molecule has 0 N–H and O–H groups in total. The van der Waals surface area contributed by atoms with Crippen molar-refractivity contribution >= 4 is 6.08 Å². The zero-order chi connectivity index (χ0) is 8.97. The second-order valence-corrected chi connectivity index (χ2v) is 2.39. The van der Waals surface area contributed by atoms with Gasteiger partial charge in [-0.3, -0.25) is 0 Å². The number of hydrogen-bond donors (Lipinski definition) is 0. The van der Waals surface area contributed by atoms with Gasteiger partial charge in [0, 0.05) is 11.6 Å². The van der Waals surface area contributed by atoms with Crippen molar-refractivity contribution in [2.75, 3.05) is 7.11 Å². The van der Waals surface area contributed by atoms with Crippen molar-refractivity contribution in [3.05, 3.63) is 35.7 Å². The van der Waals surface area contributed by atoms with E-state index in [1.807, 2.05) is 19.1 Å². The van der Waals surface area contributed by atoms with Crippen LogP contribution in [-0.4, -0.2) is 7.11 Å². The minimum Gasteiger partial charge on any atom is -0.496 e. The molecule has 0 aromatic heterocycles. The molecule has 2 heteroatoms. The Kier molecular flexibility index (Phi) is 2.86. The molecule has 0 aliphatic heterocycles. The van der Waals surface area contributed by atoms with Gasteiger partial charge < -0.3 is 4.74 Å². The lowest BCUT2D eigenvalue weighted by Gasteiger charge is -2.03. The molecule has 1 aromatic carbocycles. The molecule has 0 radical (unpaired) electrons. The van der Waals surface area contributed by atoms with Crippen LogP contribution < -0.4 is 4.74 Å². The maximum atomic E-state index is 12.7. The third kappa shape index (κ3) is 1.84. The van der Waals surface area contributed by atoms with Gasteiger partial charge in [0.05, 0.1) is 7.11 Å². The van der Waals surface area contributed by atoms with Gasteiger partial charge in [0.15, 0.2) is 0 Å². The van der Waals surface area contributed by atoms with Crippen LogP contribution in [0.4, 0.5) is 4.39 Å². The van der Waals surface area contributed by atoms with Crippen LogP contribution in [0.3, 0.4) is 0 Å². The average Bonchev–Trinajstić information content (AvgIpc) is 2.08. The van der Waals surface area contributed by atoms with Gasteiger partial charge in [-0.15, -0.1) is 0 Å². The molecule has 0 atom stereocenters. The summed E-state index contributed by atoms with van der Waals surface area (Å²) < 4.78 is 17.7. The second kappa shape index (κ2) is 3.90. The monoisotopic (exact) mass is 166 g/mol. The summed E-state index contributed by atoms with van der Waals surface area (Å²) in [7, 11) is 1.53. The lowest BCUT2D eigenvalue weighted by Crippen LogP contribution is -1.87. The van der Waals surface area contributed by atoms with E-state index in [9.17, 15) is 4.39 Å². The van der Waals surface area contributed by atoms with Crippen molar-refractivity contribution in [2.45, 2.75) is 6.92 Å². The Hall–Kier alpha value is -1.31. The molecule has 0 saturated carbocycles. The topological polar surface area (TPSA) is 9.23 Å². The highest BCUT2D eigenvalue weighted by Gasteiger charge is 1.99. The molecule has 1 rings (SSSR count). The van der Waals surface area contributed by atoms with Crippen molar-refractivity contribution in [2.24, 2.45) is 0 Å². The molecule has 0 unspecified atom stereocenters. The standard InChI is InChI=1S/C10H11FO/c1-3-4-8-5-6-9(11)7-10(8)12-2/h3-7H,1-2H3. The van der Waals surface area contributed by atoms with E-state index in [0.717, 1.165) is 5.56 Å². The van der Waals surface area contributed by atoms with E-state index < -0.39 is 0 Å². The van der Waals surface area contributed by atoms with Crippen LogP contribution >= 0.6 is 0 Å². The molecule has 0 aliphatic carbocycles. The summed E-state index contributed by atoms with van der Waals surface area (Å²) in [6, 6.07) is 4.47. The first-order valence-electron chi connectivity index (χ1n) is 3.74. The average molecular weight is 166 g/mol. The van der Waals surface area contributed by atoms with Crippen LogP contribution in [0.5, 0.6) is 5.75 Å². The number of benzene rings is 1. The van der Waals surface area contributed by atoms with Crippen LogP contribution in [0.2, 0.25) is 0 Å². The lowest BCUT2D eigenvalue weighted by molar-refractivity contribution is 0.410. The quantitative estimate of drug-likeness (QED) is 0.656. The van der Waals surface area contributed by atoms with E-state index in [0.29, 0.717) is 5.75 Å². The smallest absolute Gasteiger partial charge is 0.128 e. The van der Waals surface area contributed by atoms with E-state index in [-0.39, 0.29) is 5.82 Å². The second-order valence-electron chi connectivity index (χ2n) is 2.39. The summed E-state index contributed by atoms with van der Waals surface area (Å²) >= 11 is 0. The van der Waals surface area contributed by atoms with Crippen LogP contribution in [0.15, 0.2) is 24.3 Å². The van der Waals surface area contributed by atoms with Gasteiger partial charge in [0.2, 0.25) is 0 Å². The number of rotatable bonds is 2. The maximum absolute atomic E-state index is 12.7. The summed E-state index contributed by atoms with van der Waals surface area (Å²) in [5.41, 5.74) is 0.890. The third-order valence-corrected chi connectivity index (χ3v) is 1.54. The summed E-state index contributed by atoms with van der Waals surface area (Å²) in [4.78, 5) is 0. The predicted octanol–water partition coefficient (Wildman–Crippen LogP) is 2.87. The normalized spacial score (nSPS) is 10.6. The van der Waals surface area contributed by atoms with Gasteiger partial charge >= 0.3 is 0 Å². The molecule has 12 heavy (non-hydrogen) atoms. The Morgan fingerprint density at radius 3 is 2.75 bits per heavy atom.